The van der Waals surface area contributed by atoms with Crippen LogP contribution in [-0.2, 0) is 14.3 Å². The molecule has 0 bridgehead atoms. The maximum Gasteiger partial charge on any atom is 0.326 e. The lowest BCUT2D eigenvalue weighted by molar-refractivity contribution is -0.144. The summed E-state index contributed by atoms with van der Waals surface area (Å²) in [6.45, 7) is 1.91. The number of ether oxygens (including phenoxy) is 1. The predicted molar refractivity (Wildman–Crippen MR) is 73.4 cm³/mol. The Morgan fingerprint density at radius 3 is 2.65 bits per heavy atom. The van der Waals surface area contributed by atoms with Crippen molar-refractivity contribution in [2.75, 3.05) is 19.8 Å². The molecule has 114 valence electrons. The van der Waals surface area contributed by atoms with Gasteiger partial charge in [0.2, 0.25) is 5.91 Å². The number of carboxylic acids is 1. The molecule has 0 aromatic heterocycles. The Kier molecular flexibility index (Phi) is 5.79. The van der Waals surface area contributed by atoms with Gasteiger partial charge in [0.15, 0.2) is 0 Å². The number of nitrogens with one attached hydrogen (secondary N) is 2. The number of rotatable bonds is 5. The molecule has 6 nitrogen and oxygen atoms in total. The van der Waals surface area contributed by atoms with Crippen LogP contribution in [0.5, 0.6) is 0 Å². The number of carbonyl (C=O) groups is 2. The van der Waals surface area contributed by atoms with E-state index < -0.39 is 12.0 Å². The highest BCUT2D eigenvalue weighted by atomic mass is 16.5. The zero-order valence-corrected chi connectivity index (χ0v) is 11.8. The molecule has 1 saturated heterocycles. The highest BCUT2D eigenvalue weighted by molar-refractivity contribution is 5.84. The Balaban J connectivity index is 1.83. The molecule has 0 spiro atoms. The van der Waals surface area contributed by atoms with Crippen LogP contribution in [0.3, 0.4) is 0 Å². The van der Waals surface area contributed by atoms with Crippen LogP contribution in [0.25, 0.3) is 0 Å². The lowest BCUT2D eigenvalue weighted by atomic mass is 9.84. The number of carboxylic acid groups (broad SMARTS) is 1. The molecule has 20 heavy (non-hydrogen) atoms. The molecule has 0 radical (unpaired) electrons. The van der Waals surface area contributed by atoms with Gasteiger partial charge in [0.25, 0.3) is 0 Å². The maximum absolute atomic E-state index is 12.0. The van der Waals surface area contributed by atoms with Gasteiger partial charge in [-0.05, 0) is 18.8 Å². The lowest BCUT2D eigenvalue weighted by Gasteiger charge is -2.29. The number of amides is 1. The Morgan fingerprint density at radius 1 is 1.30 bits per heavy atom. The number of hydrogen-bond donors (Lipinski definition) is 3. The van der Waals surface area contributed by atoms with Gasteiger partial charge in [0.1, 0.15) is 6.04 Å². The van der Waals surface area contributed by atoms with Crippen LogP contribution >= 0.6 is 0 Å². The summed E-state index contributed by atoms with van der Waals surface area (Å²) in [5, 5.41) is 15.2. The van der Waals surface area contributed by atoms with E-state index in [9.17, 15) is 14.7 Å². The van der Waals surface area contributed by atoms with Gasteiger partial charge < -0.3 is 20.5 Å². The fourth-order valence-corrected chi connectivity index (χ4v) is 3.06. The van der Waals surface area contributed by atoms with Crippen molar-refractivity contribution in [3.05, 3.63) is 0 Å². The molecule has 2 fully saturated rings. The minimum Gasteiger partial charge on any atom is -0.480 e. The first-order chi connectivity index (χ1) is 9.66. The predicted octanol–water partition coefficient (Wildman–Crippen LogP) is 0.515. The molecular formula is C14H24N2O4. The van der Waals surface area contributed by atoms with Crippen molar-refractivity contribution in [1.29, 1.82) is 0 Å². The first kappa shape index (κ1) is 15.3. The van der Waals surface area contributed by atoms with Gasteiger partial charge in [-0.15, -0.1) is 0 Å². The van der Waals surface area contributed by atoms with Crippen LogP contribution < -0.4 is 10.6 Å². The summed E-state index contributed by atoms with van der Waals surface area (Å²) < 4.78 is 5.29. The van der Waals surface area contributed by atoms with E-state index in [4.69, 9.17) is 4.74 Å². The zero-order valence-electron chi connectivity index (χ0n) is 11.8. The molecule has 2 rings (SSSR count). The first-order valence-electron chi connectivity index (χ1n) is 7.50. The summed E-state index contributed by atoms with van der Waals surface area (Å²) in [6, 6.07) is -0.753. The van der Waals surface area contributed by atoms with E-state index in [-0.39, 0.29) is 24.3 Å². The maximum atomic E-state index is 12.0. The standard InChI is InChI=1S/C14H24N2O4/c17-12(8-11-9-20-7-6-15-11)16-13(14(18)19)10-4-2-1-3-5-10/h10-11,13,15H,1-9H2,(H,16,17)(H,18,19). The van der Waals surface area contributed by atoms with Gasteiger partial charge in [-0.2, -0.15) is 0 Å². The van der Waals surface area contributed by atoms with E-state index in [1.165, 1.54) is 6.42 Å². The molecule has 0 aromatic carbocycles. The molecular weight excluding hydrogens is 260 g/mol. The fourth-order valence-electron chi connectivity index (χ4n) is 3.06. The quantitative estimate of drug-likeness (QED) is 0.685. The summed E-state index contributed by atoms with van der Waals surface area (Å²) in [5.74, 6) is -1.05. The van der Waals surface area contributed by atoms with Gasteiger partial charge in [-0.25, -0.2) is 4.79 Å². The molecule has 1 aliphatic carbocycles. The molecule has 6 heteroatoms. The van der Waals surface area contributed by atoms with Crippen molar-refractivity contribution < 1.29 is 19.4 Å². The lowest BCUT2D eigenvalue weighted by Crippen LogP contribution is -2.50. The molecule has 1 aliphatic heterocycles. The summed E-state index contributed by atoms with van der Waals surface area (Å²) in [7, 11) is 0. The van der Waals surface area contributed by atoms with E-state index >= 15 is 0 Å². The van der Waals surface area contributed by atoms with E-state index in [0.29, 0.717) is 13.2 Å². The Bertz CT molecular complexity index is 336. The highest BCUT2D eigenvalue weighted by Gasteiger charge is 2.31. The van der Waals surface area contributed by atoms with Crippen molar-refractivity contribution in [2.45, 2.75) is 50.6 Å². The smallest absolute Gasteiger partial charge is 0.326 e. The van der Waals surface area contributed by atoms with E-state index in [1.54, 1.807) is 0 Å². The molecule has 3 N–H and O–H groups in total. The van der Waals surface area contributed by atoms with Crippen LogP contribution in [0.2, 0.25) is 0 Å². The average Bonchev–Trinajstić information content (AvgIpc) is 2.46. The number of aliphatic carboxylic acids is 1. The number of carbonyl (C=O) groups excluding carboxylic acids is 1. The van der Waals surface area contributed by atoms with Gasteiger partial charge >= 0.3 is 5.97 Å². The Morgan fingerprint density at radius 2 is 2.05 bits per heavy atom. The number of morpholine rings is 1. The summed E-state index contributed by atoms with van der Waals surface area (Å²) in [6.07, 6.45) is 5.34. The molecule has 1 heterocycles. The van der Waals surface area contributed by atoms with Crippen molar-refractivity contribution in [3.8, 4) is 0 Å². The Hall–Kier alpha value is -1.14. The van der Waals surface area contributed by atoms with Crippen molar-refractivity contribution in [2.24, 2.45) is 5.92 Å². The zero-order chi connectivity index (χ0) is 14.4. The van der Waals surface area contributed by atoms with Crippen molar-refractivity contribution in [3.63, 3.8) is 0 Å². The molecule has 2 atom stereocenters. The van der Waals surface area contributed by atoms with E-state index in [2.05, 4.69) is 10.6 Å². The number of hydrogen-bond acceptors (Lipinski definition) is 4. The van der Waals surface area contributed by atoms with E-state index in [0.717, 1.165) is 32.2 Å². The van der Waals surface area contributed by atoms with Gasteiger partial charge in [-0.3, -0.25) is 4.79 Å². The second kappa shape index (κ2) is 7.59. The molecule has 2 aliphatic rings. The van der Waals surface area contributed by atoms with Crippen LogP contribution in [0.1, 0.15) is 38.5 Å². The van der Waals surface area contributed by atoms with E-state index in [1.807, 2.05) is 0 Å². The first-order valence-corrected chi connectivity index (χ1v) is 7.50. The summed E-state index contributed by atoms with van der Waals surface area (Å²) in [4.78, 5) is 23.4. The third-order valence-electron chi connectivity index (χ3n) is 4.13. The van der Waals surface area contributed by atoms with Gasteiger partial charge in [-0.1, -0.05) is 19.3 Å². The van der Waals surface area contributed by atoms with Gasteiger partial charge in [0.05, 0.1) is 13.2 Å². The normalized spacial score (nSPS) is 25.9. The van der Waals surface area contributed by atoms with Crippen molar-refractivity contribution in [1.82, 2.24) is 10.6 Å². The SMILES string of the molecule is O=C(CC1COCCN1)NC(C(=O)O)C1CCCCC1. The van der Waals surface area contributed by atoms with Crippen LogP contribution in [0.4, 0.5) is 0 Å². The van der Waals surface area contributed by atoms with Crippen LogP contribution in [0, 0.1) is 5.92 Å². The summed E-state index contributed by atoms with van der Waals surface area (Å²) in [5.41, 5.74) is 0. The Labute approximate surface area is 119 Å². The second-order valence-electron chi connectivity index (χ2n) is 5.71. The monoisotopic (exact) mass is 284 g/mol. The third-order valence-corrected chi connectivity index (χ3v) is 4.13. The topological polar surface area (TPSA) is 87.7 Å². The molecule has 1 amide bonds. The molecule has 1 saturated carbocycles. The molecule has 2 unspecified atom stereocenters. The van der Waals surface area contributed by atoms with Crippen LogP contribution in [0.15, 0.2) is 0 Å². The summed E-state index contributed by atoms with van der Waals surface area (Å²) >= 11 is 0. The molecule has 0 aromatic rings. The minimum absolute atomic E-state index is 0.00968. The van der Waals surface area contributed by atoms with Crippen molar-refractivity contribution >= 4 is 11.9 Å². The largest absolute Gasteiger partial charge is 0.480 e. The third kappa shape index (κ3) is 4.45. The van der Waals surface area contributed by atoms with Gasteiger partial charge in [0, 0.05) is 19.0 Å². The average molecular weight is 284 g/mol. The van der Waals surface area contributed by atoms with Crippen LogP contribution in [-0.4, -0.2) is 48.8 Å². The highest BCUT2D eigenvalue weighted by Crippen LogP contribution is 2.26. The minimum atomic E-state index is -0.918. The fraction of sp³-hybridized carbons (Fsp3) is 0.857. The second-order valence-corrected chi connectivity index (χ2v) is 5.71.